The van der Waals surface area contributed by atoms with Crippen LogP contribution in [0.3, 0.4) is 0 Å². The molecule has 0 aliphatic heterocycles. The van der Waals surface area contributed by atoms with Gasteiger partial charge in [-0.05, 0) is 43.4 Å². The van der Waals surface area contributed by atoms with Crippen LogP contribution in [0.2, 0.25) is 0 Å². The second-order valence-corrected chi connectivity index (χ2v) is 6.28. The predicted octanol–water partition coefficient (Wildman–Crippen LogP) is 3.01. The average Bonchev–Trinajstić information content (AvgIpc) is 2.51. The van der Waals surface area contributed by atoms with Crippen molar-refractivity contribution in [3.63, 3.8) is 0 Å². The van der Waals surface area contributed by atoms with Gasteiger partial charge >= 0.3 is 0 Å². The van der Waals surface area contributed by atoms with E-state index in [4.69, 9.17) is 0 Å². The lowest BCUT2D eigenvalue weighted by molar-refractivity contribution is 0.0189. The first-order valence-electron chi connectivity index (χ1n) is 7.88. The molecule has 3 heteroatoms. The maximum absolute atomic E-state index is 11.0. The molecule has 22 heavy (non-hydrogen) atoms. The van der Waals surface area contributed by atoms with Gasteiger partial charge in [-0.25, -0.2) is 0 Å². The summed E-state index contributed by atoms with van der Waals surface area (Å²) in [5.41, 5.74) is 3.47. The molecule has 1 atom stereocenters. The third-order valence-electron chi connectivity index (χ3n) is 4.52. The maximum Gasteiger partial charge on any atom is 0.120 e. The van der Waals surface area contributed by atoms with Crippen LogP contribution >= 0.6 is 0 Å². The van der Waals surface area contributed by atoms with Crippen LogP contribution in [0.4, 0.5) is 0 Å². The standard InChI is InChI=1S/C19H23NO2/c1-14-8-9-18(21)16(11-14)12-20-13-19(22)10-4-6-15-5-2-3-7-17(15)19/h2-3,5,7-9,11,20-22H,4,6,10,12-13H2,1H3. The van der Waals surface area contributed by atoms with Crippen LogP contribution in [0.1, 0.15) is 35.1 Å². The highest BCUT2D eigenvalue weighted by Gasteiger charge is 2.33. The number of benzene rings is 2. The molecule has 3 nitrogen and oxygen atoms in total. The van der Waals surface area contributed by atoms with Gasteiger partial charge < -0.3 is 15.5 Å². The lowest BCUT2D eigenvalue weighted by atomic mass is 9.79. The topological polar surface area (TPSA) is 52.5 Å². The summed E-state index contributed by atoms with van der Waals surface area (Å²) in [5, 5.41) is 24.2. The van der Waals surface area contributed by atoms with Crippen LogP contribution in [0.25, 0.3) is 0 Å². The Morgan fingerprint density at radius 1 is 1.18 bits per heavy atom. The molecular formula is C19H23NO2. The van der Waals surface area contributed by atoms with Gasteiger partial charge in [0.25, 0.3) is 0 Å². The van der Waals surface area contributed by atoms with Gasteiger partial charge in [-0.3, -0.25) is 0 Å². The molecule has 0 bridgehead atoms. The van der Waals surface area contributed by atoms with E-state index in [1.165, 1.54) is 5.56 Å². The first-order valence-corrected chi connectivity index (χ1v) is 7.88. The fourth-order valence-electron chi connectivity index (χ4n) is 3.34. The van der Waals surface area contributed by atoms with E-state index in [0.29, 0.717) is 18.8 Å². The molecule has 3 rings (SSSR count). The van der Waals surface area contributed by atoms with Crippen molar-refractivity contribution < 1.29 is 10.2 Å². The average molecular weight is 297 g/mol. The molecule has 3 N–H and O–H groups in total. The smallest absolute Gasteiger partial charge is 0.120 e. The predicted molar refractivity (Wildman–Crippen MR) is 87.8 cm³/mol. The molecule has 0 radical (unpaired) electrons. The zero-order valence-electron chi connectivity index (χ0n) is 13.0. The first-order chi connectivity index (χ1) is 10.6. The number of hydrogen-bond donors (Lipinski definition) is 3. The van der Waals surface area contributed by atoms with Gasteiger partial charge in [0.05, 0.1) is 0 Å². The Labute approximate surface area is 131 Å². The molecule has 1 unspecified atom stereocenters. The Morgan fingerprint density at radius 2 is 2.00 bits per heavy atom. The molecule has 1 aliphatic carbocycles. The van der Waals surface area contributed by atoms with Crippen LogP contribution in [0, 0.1) is 6.92 Å². The Kier molecular flexibility index (Phi) is 4.19. The van der Waals surface area contributed by atoms with Crippen molar-refractivity contribution in [2.24, 2.45) is 0 Å². The van der Waals surface area contributed by atoms with E-state index in [-0.39, 0.29) is 0 Å². The van der Waals surface area contributed by atoms with Crippen molar-refractivity contribution in [1.82, 2.24) is 5.32 Å². The fourth-order valence-corrected chi connectivity index (χ4v) is 3.34. The van der Waals surface area contributed by atoms with Gasteiger partial charge in [-0.2, -0.15) is 0 Å². The molecule has 0 aromatic heterocycles. The summed E-state index contributed by atoms with van der Waals surface area (Å²) in [4.78, 5) is 0. The summed E-state index contributed by atoms with van der Waals surface area (Å²) in [5.74, 6) is 0.300. The van der Waals surface area contributed by atoms with Gasteiger partial charge in [-0.15, -0.1) is 0 Å². The van der Waals surface area contributed by atoms with Gasteiger partial charge in [0.1, 0.15) is 11.4 Å². The molecule has 1 aliphatic rings. The maximum atomic E-state index is 11.0. The lowest BCUT2D eigenvalue weighted by Gasteiger charge is -2.34. The number of phenolic OH excluding ortho intramolecular Hbond substituents is 1. The summed E-state index contributed by atoms with van der Waals surface area (Å²) in [6, 6.07) is 13.7. The van der Waals surface area contributed by atoms with E-state index in [0.717, 1.165) is 36.0 Å². The molecule has 0 saturated heterocycles. The van der Waals surface area contributed by atoms with Crippen LogP contribution in [-0.2, 0) is 18.6 Å². The largest absolute Gasteiger partial charge is 0.508 e. The molecule has 116 valence electrons. The van der Waals surface area contributed by atoms with E-state index < -0.39 is 5.60 Å². The van der Waals surface area contributed by atoms with E-state index >= 15 is 0 Å². The van der Waals surface area contributed by atoms with E-state index in [1.54, 1.807) is 6.07 Å². The zero-order valence-corrected chi connectivity index (χ0v) is 13.0. The molecule has 2 aromatic rings. The number of rotatable bonds is 4. The molecule has 0 spiro atoms. The number of aryl methyl sites for hydroxylation is 2. The third kappa shape index (κ3) is 3.01. The number of fused-ring (bicyclic) bond motifs is 1. The monoisotopic (exact) mass is 297 g/mol. The number of phenols is 1. The highest BCUT2D eigenvalue weighted by molar-refractivity contribution is 5.36. The zero-order chi connectivity index (χ0) is 15.6. The van der Waals surface area contributed by atoms with Crippen molar-refractivity contribution in [2.45, 2.75) is 38.3 Å². The number of aliphatic hydroxyl groups is 1. The minimum absolute atomic E-state index is 0.300. The molecule has 0 heterocycles. The summed E-state index contributed by atoms with van der Waals surface area (Å²) in [6.45, 7) is 3.06. The van der Waals surface area contributed by atoms with E-state index in [9.17, 15) is 10.2 Å². The minimum atomic E-state index is -0.811. The molecular weight excluding hydrogens is 274 g/mol. The molecule has 0 amide bonds. The summed E-state index contributed by atoms with van der Waals surface area (Å²) in [7, 11) is 0. The van der Waals surface area contributed by atoms with Crippen LogP contribution in [-0.4, -0.2) is 16.8 Å². The van der Waals surface area contributed by atoms with Gasteiger partial charge in [0, 0.05) is 18.7 Å². The summed E-state index contributed by atoms with van der Waals surface area (Å²) < 4.78 is 0. The van der Waals surface area contributed by atoms with Gasteiger partial charge in [-0.1, -0.05) is 42.0 Å². The Morgan fingerprint density at radius 3 is 2.86 bits per heavy atom. The molecule has 0 fully saturated rings. The molecule has 0 saturated carbocycles. The molecule has 2 aromatic carbocycles. The van der Waals surface area contributed by atoms with Crippen LogP contribution in [0.5, 0.6) is 5.75 Å². The number of hydrogen-bond acceptors (Lipinski definition) is 3. The number of nitrogens with one attached hydrogen (secondary N) is 1. The summed E-state index contributed by atoms with van der Waals surface area (Å²) in [6.07, 6.45) is 2.82. The Bertz CT molecular complexity index is 668. The van der Waals surface area contributed by atoms with E-state index in [1.807, 2.05) is 37.3 Å². The minimum Gasteiger partial charge on any atom is -0.508 e. The van der Waals surface area contributed by atoms with Crippen molar-refractivity contribution in [3.8, 4) is 5.75 Å². The Balaban J connectivity index is 1.70. The number of aromatic hydroxyl groups is 1. The van der Waals surface area contributed by atoms with Crippen molar-refractivity contribution in [3.05, 3.63) is 64.7 Å². The van der Waals surface area contributed by atoms with Crippen molar-refractivity contribution in [2.75, 3.05) is 6.54 Å². The first kappa shape index (κ1) is 15.1. The lowest BCUT2D eigenvalue weighted by Crippen LogP contribution is -2.40. The second kappa shape index (κ2) is 6.11. The SMILES string of the molecule is Cc1ccc(O)c(CNCC2(O)CCCc3ccccc32)c1. The van der Waals surface area contributed by atoms with Gasteiger partial charge in [0.2, 0.25) is 0 Å². The van der Waals surface area contributed by atoms with E-state index in [2.05, 4.69) is 11.4 Å². The van der Waals surface area contributed by atoms with Gasteiger partial charge in [0.15, 0.2) is 0 Å². The van der Waals surface area contributed by atoms with Crippen LogP contribution < -0.4 is 5.32 Å². The Hall–Kier alpha value is -1.84. The van der Waals surface area contributed by atoms with Crippen molar-refractivity contribution >= 4 is 0 Å². The quantitative estimate of drug-likeness (QED) is 0.813. The fraction of sp³-hybridized carbons (Fsp3) is 0.368. The third-order valence-corrected chi connectivity index (χ3v) is 4.52. The second-order valence-electron chi connectivity index (χ2n) is 6.28. The highest BCUT2D eigenvalue weighted by atomic mass is 16.3. The van der Waals surface area contributed by atoms with Crippen molar-refractivity contribution in [1.29, 1.82) is 0 Å². The summed E-state index contributed by atoms with van der Waals surface area (Å²) >= 11 is 0. The normalized spacial score (nSPS) is 20.6. The van der Waals surface area contributed by atoms with Crippen LogP contribution in [0.15, 0.2) is 42.5 Å². The highest BCUT2D eigenvalue weighted by Crippen LogP contribution is 2.34.